The molecule has 0 aromatic carbocycles. The third-order valence-corrected chi connectivity index (χ3v) is 13.0. The highest BCUT2D eigenvalue weighted by atomic mass is 32.1. The van der Waals surface area contributed by atoms with Crippen LogP contribution in [0.4, 0.5) is 0 Å². The number of aromatic nitrogens is 1. The summed E-state index contributed by atoms with van der Waals surface area (Å²) in [5, 5.41) is 13.1. The number of allylic oxidation sites excluding steroid dienone is 2. The van der Waals surface area contributed by atoms with Crippen molar-refractivity contribution in [1.82, 2.24) is 4.98 Å². The first kappa shape index (κ1) is 35.4. The number of hydrogen-bond donors (Lipinski definition) is 1. The van der Waals surface area contributed by atoms with Crippen LogP contribution in [0.5, 0.6) is 0 Å². The molecule has 0 aliphatic heterocycles. The standard InChI is InChI=1S/C31H53NO5SSi/c1-14-27(37-39(12,13)31(8,9)10)23(6)28(35-11)21(4)16-15-17-22(5)29(36-24(7)33)25-19-38-30(32-25)26(34)18-20(2)3/h14-17,19-20,22-23,26-29,34H,1,18H2,2-13H3/b17-15+,21-16+/t22-,23-,26-,27+,28+,29-/m0/s1. The molecular formula is C31H53NO5SSi. The van der Waals surface area contributed by atoms with Crippen LogP contribution in [0.25, 0.3) is 0 Å². The molecule has 1 N–H and O–H groups in total. The number of carbonyl (C=O) groups is 1. The third-order valence-electron chi connectivity index (χ3n) is 7.52. The lowest BCUT2D eigenvalue weighted by molar-refractivity contribution is -0.148. The Morgan fingerprint density at radius 3 is 2.31 bits per heavy atom. The maximum Gasteiger partial charge on any atom is 0.303 e. The second kappa shape index (κ2) is 15.4. The van der Waals surface area contributed by atoms with Crippen LogP contribution in [0, 0.1) is 17.8 Å². The van der Waals surface area contributed by atoms with Crippen molar-refractivity contribution in [3.8, 4) is 0 Å². The fourth-order valence-electron chi connectivity index (χ4n) is 4.20. The highest BCUT2D eigenvalue weighted by molar-refractivity contribution is 7.09. The van der Waals surface area contributed by atoms with Crippen molar-refractivity contribution in [3.05, 3.63) is 52.5 Å². The first-order valence-electron chi connectivity index (χ1n) is 13.9. The second-order valence-electron chi connectivity index (χ2n) is 12.5. The fraction of sp³-hybridized carbons (Fsp3) is 0.677. The van der Waals surface area contributed by atoms with Gasteiger partial charge in [0.25, 0.3) is 0 Å². The Morgan fingerprint density at radius 1 is 1.21 bits per heavy atom. The smallest absolute Gasteiger partial charge is 0.303 e. The van der Waals surface area contributed by atoms with Gasteiger partial charge in [-0.25, -0.2) is 4.98 Å². The number of thiazole rings is 1. The molecule has 0 saturated carbocycles. The first-order chi connectivity index (χ1) is 17.9. The van der Waals surface area contributed by atoms with Gasteiger partial charge in [-0.3, -0.25) is 4.79 Å². The van der Waals surface area contributed by atoms with E-state index in [-0.39, 0.29) is 35.1 Å². The van der Waals surface area contributed by atoms with Gasteiger partial charge in [-0.1, -0.05) is 72.8 Å². The Bertz CT molecular complexity index is 978. The monoisotopic (exact) mass is 579 g/mol. The maximum absolute atomic E-state index is 11.9. The van der Waals surface area contributed by atoms with Gasteiger partial charge in [0.15, 0.2) is 14.4 Å². The van der Waals surface area contributed by atoms with Gasteiger partial charge < -0.3 is 19.0 Å². The zero-order valence-electron chi connectivity index (χ0n) is 26.3. The summed E-state index contributed by atoms with van der Waals surface area (Å²) in [5.41, 5.74) is 1.72. The number of carbonyl (C=O) groups excluding carboxylic acids is 1. The molecule has 0 bridgehead atoms. The fourth-order valence-corrected chi connectivity index (χ4v) is 6.39. The van der Waals surface area contributed by atoms with Crippen LogP contribution in [0.3, 0.4) is 0 Å². The van der Waals surface area contributed by atoms with Crippen molar-refractivity contribution < 1.29 is 23.8 Å². The van der Waals surface area contributed by atoms with Crippen LogP contribution in [0.1, 0.15) is 91.6 Å². The van der Waals surface area contributed by atoms with Gasteiger partial charge >= 0.3 is 5.97 Å². The molecule has 0 fully saturated rings. The molecule has 6 atom stereocenters. The third kappa shape index (κ3) is 10.7. The topological polar surface area (TPSA) is 77.9 Å². The number of aliphatic hydroxyl groups is 1. The largest absolute Gasteiger partial charge is 0.455 e. The van der Waals surface area contributed by atoms with E-state index in [0.29, 0.717) is 23.0 Å². The molecular weight excluding hydrogens is 526 g/mol. The van der Waals surface area contributed by atoms with E-state index in [1.54, 1.807) is 7.11 Å². The van der Waals surface area contributed by atoms with Crippen LogP contribution >= 0.6 is 11.3 Å². The maximum atomic E-state index is 11.9. The summed E-state index contributed by atoms with van der Waals surface area (Å²) < 4.78 is 18.2. The summed E-state index contributed by atoms with van der Waals surface area (Å²) in [6.45, 7) is 27.0. The minimum absolute atomic E-state index is 0.0724. The van der Waals surface area contributed by atoms with E-state index in [1.165, 1.54) is 18.3 Å². The first-order valence-corrected chi connectivity index (χ1v) is 17.7. The van der Waals surface area contributed by atoms with Gasteiger partial charge in [-0.15, -0.1) is 17.9 Å². The van der Waals surface area contributed by atoms with Crippen LogP contribution in [0.15, 0.2) is 41.8 Å². The quantitative estimate of drug-likeness (QED) is 0.0977. The minimum Gasteiger partial charge on any atom is -0.455 e. The molecule has 1 rings (SSSR count). The molecule has 1 aromatic rings. The van der Waals surface area contributed by atoms with Crippen LogP contribution in [-0.4, -0.2) is 43.7 Å². The Hall–Kier alpha value is -1.58. The summed E-state index contributed by atoms with van der Waals surface area (Å²) in [7, 11) is -0.256. The number of ether oxygens (including phenoxy) is 2. The molecule has 0 amide bonds. The van der Waals surface area contributed by atoms with Crippen molar-refractivity contribution in [2.24, 2.45) is 17.8 Å². The lowest BCUT2D eigenvalue weighted by atomic mass is 9.92. The van der Waals surface area contributed by atoms with Crippen LogP contribution < -0.4 is 0 Å². The summed E-state index contributed by atoms with van der Waals surface area (Å²) in [5.74, 6) is -0.0677. The van der Waals surface area contributed by atoms with E-state index in [0.717, 1.165) is 5.57 Å². The van der Waals surface area contributed by atoms with Crippen LogP contribution in [0.2, 0.25) is 18.1 Å². The zero-order chi connectivity index (χ0) is 30.1. The SMILES string of the molecule is C=C[C@@H](O[Si](C)(C)C(C)(C)C)[C@H](C)[C@H](OC)/C(C)=C/C=C/[C@H](C)[C@H](OC(C)=O)c1csc([C@@H](O)CC(C)C)n1. The number of rotatable bonds is 15. The molecule has 0 aliphatic rings. The molecule has 39 heavy (non-hydrogen) atoms. The van der Waals surface area contributed by atoms with Gasteiger partial charge in [-0.05, 0) is 43.0 Å². The Kier molecular flexibility index (Phi) is 14.0. The van der Waals surface area contributed by atoms with E-state index in [4.69, 9.17) is 13.9 Å². The van der Waals surface area contributed by atoms with Crippen molar-refractivity contribution >= 4 is 25.6 Å². The Balaban J connectivity index is 3.09. The van der Waals surface area contributed by atoms with Gasteiger partial charge in [-0.2, -0.15) is 0 Å². The minimum atomic E-state index is -1.98. The van der Waals surface area contributed by atoms with Crippen molar-refractivity contribution in [1.29, 1.82) is 0 Å². The van der Waals surface area contributed by atoms with E-state index in [2.05, 4.69) is 73.1 Å². The number of nitrogens with zero attached hydrogens (tertiary/aromatic N) is 1. The number of aliphatic hydroxyl groups excluding tert-OH is 1. The van der Waals surface area contributed by atoms with Gasteiger partial charge in [0.2, 0.25) is 0 Å². The second-order valence-corrected chi connectivity index (χ2v) is 18.2. The molecule has 8 heteroatoms. The lowest BCUT2D eigenvalue weighted by Gasteiger charge is -2.41. The van der Waals surface area contributed by atoms with Crippen molar-refractivity contribution in [2.75, 3.05) is 7.11 Å². The number of hydrogen-bond acceptors (Lipinski definition) is 7. The van der Waals surface area contributed by atoms with E-state index in [9.17, 15) is 9.90 Å². The van der Waals surface area contributed by atoms with Crippen LogP contribution in [-0.2, 0) is 18.7 Å². The molecule has 0 aliphatic carbocycles. The molecule has 0 saturated heterocycles. The number of methoxy groups -OCH3 is 1. The molecule has 1 aromatic heterocycles. The molecule has 0 radical (unpaired) electrons. The zero-order valence-corrected chi connectivity index (χ0v) is 28.1. The summed E-state index contributed by atoms with van der Waals surface area (Å²) >= 11 is 1.40. The molecule has 0 unspecified atom stereocenters. The molecule has 6 nitrogen and oxygen atoms in total. The highest BCUT2D eigenvalue weighted by Crippen LogP contribution is 2.39. The average molecular weight is 580 g/mol. The Morgan fingerprint density at radius 2 is 1.82 bits per heavy atom. The molecule has 222 valence electrons. The average Bonchev–Trinajstić information content (AvgIpc) is 3.30. The number of esters is 1. The van der Waals surface area contributed by atoms with Crippen molar-refractivity contribution in [2.45, 2.75) is 111 Å². The lowest BCUT2D eigenvalue weighted by Crippen LogP contribution is -2.46. The van der Waals surface area contributed by atoms with Gasteiger partial charge in [0.1, 0.15) is 11.1 Å². The molecule has 0 spiro atoms. The van der Waals surface area contributed by atoms with E-state index >= 15 is 0 Å². The van der Waals surface area contributed by atoms with Crippen molar-refractivity contribution in [3.63, 3.8) is 0 Å². The van der Waals surface area contributed by atoms with E-state index < -0.39 is 20.5 Å². The predicted molar refractivity (Wildman–Crippen MR) is 165 cm³/mol. The summed E-state index contributed by atoms with van der Waals surface area (Å²) in [4.78, 5) is 16.5. The Labute approximate surface area is 242 Å². The van der Waals surface area contributed by atoms with E-state index in [1.807, 2.05) is 36.6 Å². The van der Waals surface area contributed by atoms with Gasteiger partial charge in [0.05, 0.1) is 17.9 Å². The predicted octanol–water partition coefficient (Wildman–Crippen LogP) is 8.19. The summed E-state index contributed by atoms with van der Waals surface area (Å²) in [6, 6.07) is 0. The molecule has 1 heterocycles. The summed E-state index contributed by atoms with van der Waals surface area (Å²) in [6.07, 6.45) is 7.13. The highest BCUT2D eigenvalue weighted by Gasteiger charge is 2.40. The van der Waals surface area contributed by atoms with Gasteiger partial charge in [0, 0.05) is 31.2 Å². The normalized spacial score (nSPS) is 18.1.